The fourth-order valence-corrected chi connectivity index (χ4v) is 15.5. The maximum atomic E-state index is 2.67. The molecule has 15 rings (SSSR count). The predicted octanol–water partition coefficient (Wildman–Crippen LogP) is 11.9. The fourth-order valence-electron chi connectivity index (χ4n) is 15.5. The summed E-state index contributed by atoms with van der Waals surface area (Å²) in [6.07, 6.45) is 10.9. The Balaban J connectivity index is 0.964. The van der Waals surface area contributed by atoms with Crippen molar-refractivity contribution in [2.75, 3.05) is 9.80 Å². The molecule has 2 aliphatic heterocycles. The lowest BCUT2D eigenvalue weighted by molar-refractivity contribution is 0.327. The topological polar surface area (TPSA) is 6.48 Å². The van der Waals surface area contributed by atoms with Crippen LogP contribution in [-0.2, 0) is 10.8 Å². The van der Waals surface area contributed by atoms with Gasteiger partial charge < -0.3 is 9.80 Å². The van der Waals surface area contributed by atoms with Crippen molar-refractivity contribution in [3.05, 3.63) is 174 Å². The Morgan fingerprint density at radius 2 is 0.949 bits per heavy atom. The van der Waals surface area contributed by atoms with Crippen LogP contribution in [0.5, 0.6) is 0 Å². The molecule has 4 bridgehead atoms. The number of nitrogens with zero attached hydrogens (tertiary/aromatic N) is 2. The Kier molecular flexibility index (Phi) is 6.02. The first kappa shape index (κ1) is 32.1. The summed E-state index contributed by atoms with van der Waals surface area (Å²) in [6, 6.07) is 59.6. The first-order valence-corrected chi connectivity index (χ1v) is 22.6. The molecule has 2 spiro atoms. The second-order valence-corrected chi connectivity index (χ2v) is 19.6. The maximum Gasteiger partial charge on any atom is 0.252 e. The van der Waals surface area contributed by atoms with Crippen LogP contribution >= 0.6 is 0 Å². The molecule has 0 saturated heterocycles. The summed E-state index contributed by atoms with van der Waals surface area (Å²) in [5.41, 5.74) is 24.5. The number of benzene rings is 7. The molecule has 0 radical (unpaired) electrons. The Hall–Kier alpha value is -5.80. The van der Waals surface area contributed by atoms with Crippen molar-refractivity contribution >= 4 is 57.2 Å². The number of para-hydroxylation sites is 2. The minimum Gasteiger partial charge on any atom is -0.311 e. The molecule has 8 aliphatic rings. The van der Waals surface area contributed by atoms with E-state index in [0.29, 0.717) is 0 Å². The molecule has 6 atom stereocenters. The summed E-state index contributed by atoms with van der Waals surface area (Å²) < 4.78 is 0. The van der Waals surface area contributed by atoms with Crippen LogP contribution in [0.1, 0.15) is 73.6 Å². The fraction of sp³-hybridized carbons (Fsp3) is 0.250. The molecule has 59 heavy (non-hydrogen) atoms. The molecule has 7 aromatic carbocycles. The molecule has 0 N–H and O–H groups in total. The highest BCUT2D eigenvalue weighted by Crippen LogP contribution is 2.68. The normalized spacial score (nSPS) is 27.5. The molecule has 7 aromatic rings. The quantitative estimate of drug-likeness (QED) is 0.162. The number of anilines is 6. The van der Waals surface area contributed by atoms with Gasteiger partial charge in [-0.3, -0.25) is 0 Å². The van der Waals surface area contributed by atoms with Crippen LogP contribution in [0, 0.1) is 23.7 Å². The lowest BCUT2D eigenvalue weighted by atomic mass is 9.33. The van der Waals surface area contributed by atoms with E-state index in [0.717, 1.165) is 23.7 Å². The van der Waals surface area contributed by atoms with Crippen molar-refractivity contribution in [2.45, 2.75) is 62.2 Å². The summed E-state index contributed by atoms with van der Waals surface area (Å²) in [6.45, 7) is 0.137. The lowest BCUT2D eigenvalue weighted by Crippen LogP contribution is -2.61. The van der Waals surface area contributed by atoms with E-state index in [9.17, 15) is 0 Å². The van der Waals surface area contributed by atoms with Crippen LogP contribution in [0.15, 0.2) is 152 Å². The summed E-state index contributed by atoms with van der Waals surface area (Å²) >= 11 is 0. The van der Waals surface area contributed by atoms with Gasteiger partial charge in [0.25, 0.3) is 6.71 Å². The molecule has 4 saturated carbocycles. The third-order valence-electron chi connectivity index (χ3n) is 17.4. The first-order chi connectivity index (χ1) is 29.2. The second kappa shape index (κ2) is 11.1. The van der Waals surface area contributed by atoms with E-state index in [4.69, 9.17) is 0 Å². The first-order valence-electron chi connectivity index (χ1n) is 22.6. The highest BCUT2D eigenvalue weighted by molar-refractivity contribution is 7.00. The van der Waals surface area contributed by atoms with Crippen LogP contribution < -0.4 is 26.2 Å². The van der Waals surface area contributed by atoms with Crippen LogP contribution in [0.3, 0.4) is 0 Å². The Morgan fingerprint density at radius 1 is 0.424 bits per heavy atom. The number of hydrogen-bond donors (Lipinski definition) is 0. The van der Waals surface area contributed by atoms with E-state index in [2.05, 4.69) is 161 Å². The van der Waals surface area contributed by atoms with Crippen LogP contribution in [-0.4, -0.2) is 6.71 Å². The van der Waals surface area contributed by atoms with Gasteiger partial charge in [0.2, 0.25) is 0 Å². The van der Waals surface area contributed by atoms with E-state index in [1.807, 2.05) is 0 Å². The highest BCUT2D eigenvalue weighted by atomic mass is 15.2. The molecule has 0 amide bonds. The largest absolute Gasteiger partial charge is 0.311 e. The van der Waals surface area contributed by atoms with Gasteiger partial charge in [0.05, 0.1) is 5.69 Å². The van der Waals surface area contributed by atoms with Gasteiger partial charge in [-0.2, -0.15) is 0 Å². The minimum atomic E-state index is 0.134. The highest BCUT2D eigenvalue weighted by Gasteiger charge is 2.59. The van der Waals surface area contributed by atoms with Crippen molar-refractivity contribution in [3.63, 3.8) is 0 Å². The van der Waals surface area contributed by atoms with Crippen molar-refractivity contribution in [2.24, 2.45) is 23.7 Å². The van der Waals surface area contributed by atoms with Crippen LogP contribution in [0.2, 0.25) is 0 Å². The predicted molar refractivity (Wildman–Crippen MR) is 244 cm³/mol. The van der Waals surface area contributed by atoms with Gasteiger partial charge >= 0.3 is 0 Å². The van der Waals surface area contributed by atoms with E-state index in [1.165, 1.54) is 124 Å². The van der Waals surface area contributed by atoms with Crippen LogP contribution in [0.25, 0.3) is 22.3 Å². The Morgan fingerprint density at radius 3 is 1.64 bits per heavy atom. The molecule has 2 nitrogen and oxygen atoms in total. The van der Waals surface area contributed by atoms with Gasteiger partial charge in [0.1, 0.15) is 0 Å². The van der Waals surface area contributed by atoms with Gasteiger partial charge in [-0.05, 0) is 160 Å². The van der Waals surface area contributed by atoms with E-state index >= 15 is 0 Å². The zero-order valence-electron chi connectivity index (χ0n) is 33.4. The summed E-state index contributed by atoms with van der Waals surface area (Å²) in [4.78, 5) is 5.30. The summed E-state index contributed by atoms with van der Waals surface area (Å²) in [7, 11) is 0. The third-order valence-corrected chi connectivity index (χ3v) is 17.4. The van der Waals surface area contributed by atoms with Crippen molar-refractivity contribution in [1.82, 2.24) is 0 Å². The average Bonchev–Trinajstić information content (AvgIpc) is 4.17. The van der Waals surface area contributed by atoms with Gasteiger partial charge in [-0.15, -0.1) is 0 Å². The zero-order chi connectivity index (χ0) is 38.2. The van der Waals surface area contributed by atoms with E-state index in [-0.39, 0.29) is 17.5 Å². The van der Waals surface area contributed by atoms with E-state index < -0.39 is 0 Å². The molecule has 1 unspecified atom stereocenters. The molecular weight excluding hydrogens is 711 g/mol. The van der Waals surface area contributed by atoms with Gasteiger partial charge in [-0.1, -0.05) is 122 Å². The molecule has 2 heterocycles. The smallest absolute Gasteiger partial charge is 0.252 e. The Bertz CT molecular complexity index is 3000. The number of rotatable bonds is 2. The van der Waals surface area contributed by atoms with E-state index in [1.54, 1.807) is 22.3 Å². The standard InChI is InChI=1S/C56H45BN2/c1-3-13-42-39(11-1)40-28-27-38(31-45(40)56(42)33-35-24-26-37(56)30-35)58-48-18-7-5-16-46(48)57-47-17-6-8-19-49(47)59(52-22-10-21-51(58)54(52)57)50-20-9-15-44-53(50)41-12-2-4-14-43(41)55(44)32-34-23-25-36(55)29-34/h1-22,27-28,31,34-37H,23-26,29-30,32-33H2/t34?,35-,36-,37+,55-,56-/m0/s1. The second-order valence-electron chi connectivity index (χ2n) is 19.6. The molecular formula is C56H45BN2. The SMILES string of the molecule is c1ccc2c(c1)B1c3ccccc3N(c3cccc4c3-c3ccccc3[C@@]43CC4CC[C@H]3C4)c3cccc(c31)N2c1ccc2c(c1)[C@]1(C[C@H]3CC[C@@H]1C3)c1ccccc1-2. The van der Waals surface area contributed by atoms with Crippen molar-refractivity contribution < 1.29 is 0 Å². The lowest BCUT2D eigenvalue weighted by Gasteiger charge is -2.44. The summed E-state index contributed by atoms with van der Waals surface area (Å²) in [5, 5.41) is 0. The van der Waals surface area contributed by atoms with Crippen LogP contribution in [0.4, 0.5) is 34.1 Å². The monoisotopic (exact) mass is 756 g/mol. The minimum absolute atomic E-state index is 0.134. The Labute approximate surface area is 347 Å². The van der Waals surface area contributed by atoms with Gasteiger partial charge in [0.15, 0.2) is 0 Å². The average molecular weight is 757 g/mol. The molecule has 0 aromatic heterocycles. The van der Waals surface area contributed by atoms with Gasteiger partial charge in [-0.25, -0.2) is 0 Å². The summed E-state index contributed by atoms with van der Waals surface area (Å²) in [5.74, 6) is 3.15. The number of hydrogen-bond acceptors (Lipinski definition) is 2. The maximum absolute atomic E-state index is 2.67. The zero-order valence-corrected chi connectivity index (χ0v) is 33.4. The molecule has 4 fully saturated rings. The van der Waals surface area contributed by atoms with Crippen molar-refractivity contribution in [1.29, 1.82) is 0 Å². The van der Waals surface area contributed by atoms with Crippen molar-refractivity contribution in [3.8, 4) is 22.3 Å². The molecule has 282 valence electrons. The van der Waals surface area contributed by atoms with Gasteiger partial charge in [0, 0.05) is 44.8 Å². The number of fused-ring (bicyclic) bond motifs is 20. The third kappa shape index (κ3) is 3.75. The molecule has 3 heteroatoms. The molecule has 6 aliphatic carbocycles.